The van der Waals surface area contributed by atoms with Crippen molar-refractivity contribution in [2.24, 2.45) is 0 Å². The molecule has 0 spiro atoms. The Labute approximate surface area is 114 Å². The standard InChI is InChI=1S/C12H15N5O3/c1-20-12(19)10(4-9-6-13-7-14-9)16-11(18)5-8-2-3-15-17-8/h2-3,6-7,10H,4-5H2,1H3,(H,13,14)(H,15,17)(H,16,18)/t10-/m0/s1. The molecule has 0 aliphatic carbocycles. The number of H-pyrrole nitrogens is 2. The van der Waals surface area contributed by atoms with E-state index in [0.717, 1.165) is 5.69 Å². The van der Waals surface area contributed by atoms with Crippen LogP contribution >= 0.6 is 0 Å². The molecule has 0 aliphatic heterocycles. The number of aromatic nitrogens is 4. The normalized spacial score (nSPS) is 11.8. The van der Waals surface area contributed by atoms with Crippen molar-refractivity contribution >= 4 is 11.9 Å². The van der Waals surface area contributed by atoms with Gasteiger partial charge in [-0.2, -0.15) is 5.10 Å². The van der Waals surface area contributed by atoms with Gasteiger partial charge in [0.05, 0.1) is 19.9 Å². The summed E-state index contributed by atoms with van der Waals surface area (Å²) in [6.45, 7) is 0. The van der Waals surface area contributed by atoms with Crippen molar-refractivity contribution in [3.8, 4) is 0 Å². The zero-order chi connectivity index (χ0) is 14.4. The zero-order valence-corrected chi connectivity index (χ0v) is 10.9. The summed E-state index contributed by atoms with van der Waals surface area (Å²) in [6.07, 6.45) is 5.08. The van der Waals surface area contributed by atoms with E-state index in [0.29, 0.717) is 12.1 Å². The minimum absolute atomic E-state index is 0.121. The van der Waals surface area contributed by atoms with Crippen LogP contribution in [0.4, 0.5) is 0 Å². The van der Waals surface area contributed by atoms with Gasteiger partial charge in [-0.1, -0.05) is 0 Å². The van der Waals surface area contributed by atoms with Crippen LogP contribution in [-0.4, -0.2) is 45.2 Å². The number of ether oxygens (including phenoxy) is 1. The van der Waals surface area contributed by atoms with Crippen LogP contribution in [0.5, 0.6) is 0 Å². The fourth-order valence-corrected chi connectivity index (χ4v) is 1.75. The molecule has 8 nitrogen and oxygen atoms in total. The highest BCUT2D eigenvalue weighted by atomic mass is 16.5. The highest BCUT2D eigenvalue weighted by Crippen LogP contribution is 2.02. The third kappa shape index (κ3) is 3.67. The molecule has 0 fully saturated rings. The Kier molecular flexibility index (Phi) is 4.48. The molecule has 1 amide bonds. The Balaban J connectivity index is 1.96. The molecule has 0 aliphatic rings. The molecule has 0 saturated carbocycles. The monoisotopic (exact) mass is 277 g/mol. The first kappa shape index (κ1) is 13.8. The molecule has 0 saturated heterocycles. The number of hydrogen-bond acceptors (Lipinski definition) is 5. The lowest BCUT2D eigenvalue weighted by atomic mass is 10.1. The molecule has 0 unspecified atom stereocenters. The van der Waals surface area contributed by atoms with Crippen molar-refractivity contribution in [2.45, 2.75) is 18.9 Å². The molecular formula is C12H15N5O3. The van der Waals surface area contributed by atoms with Crippen LogP contribution in [0, 0.1) is 0 Å². The fourth-order valence-electron chi connectivity index (χ4n) is 1.75. The topological polar surface area (TPSA) is 113 Å². The van der Waals surface area contributed by atoms with E-state index in [1.54, 1.807) is 18.5 Å². The van der Waals surface area contributed by atoms with Crippen LogP contribution in [0.3, 0.4) is 0 Å². The quantitative estimate of drug-likeness (QED) is 0.620. The van der Waals surface area contributed by atoms with Crippen molar-refractivity contribution in [3.05, 3.63) is 36.2 Å². The first-order valence-corrected chi connectivity index (χ1v) is 6.01. The van der Waals surface area contributed by atoms with Gasteiger partial charge in [-0.3, -0.25) is 9.89 Å². The van der Waals surface area contributed by atoms with E-state index in [1.807, 2.05) is 0 Å². The van der Waals surface area contributed by atoms with E-state index < -0.39 is 12.0 Å². The van der Waals surface area contributed by atoms with Crippen LogP contribution < -0.4 is 5.32 Å². The van der Waals surface area contributed by atoms with Gasteiger partial charge in [-0.15, -0.1) is 0 Å². The Morgan fingerprint density at radius 1 is 1.45 bits per heavy atom. The number of carbonyl (C=O) groups is 2. The lowest BCUT2D eigenvalue weighted by Gasteiger charge is -2.15. The van der Waals surface area contributed by atoms with Crippen molar-refractivity contribution in [1.82, 2.24) is 25.5 Å². The summed E-state index contributed by atoms with van der Waals surface area (Å²) < 4.78 is 4.69. The summed E-state index contributed by atoms with van der Waals surface area (Å²) in [6, 6.07) is 0.942. The van der Waals surface area contributed by atoms with Gasteiger partial charge in [0.15, 0.2) is 0 Å². The maximum absolute atomic E-state index is 11.9. The highest BCUT2D eigenvalue weighted by molar-refractivity contribution is 5.85. The molecule has 2 aromatic rings. The van der Waals surface area contributed by atoms with Crippen molar-refractivity contribution in [3.63, 3.8) is 0 Å². The zero-order valence-electron chi connectivity index (χ0n) is 10.9. The van der Waals surface area contributed by atoms with E-state index in [1.165, 1.54) is 13.4 Å². The van der Waals surface area contributed by atoms with E-state index in [4.69, 9.17) is 0 Å². The number of methoxy groups -OCH3 is 1. The Bertz CT molecular complexity index is 550. The number of imidazole rings is 1. The number of nitrogens with zero attached hydrogens (tertiary/aromatic N) is 2. The molecule has 0 aromatic carbocycles. The number of hydrogen-bond donors (Lipinski definition) is 3. The Hall–Kier alpha value is -2.64. The highest BCUT2D eigenvalue weighted by Gasteiger charge is 2.22. The Morgan fingerprint density at radius 3 is 2.90 bits per heavy atom. The minimum atomic E-state index is -0.754. The third-order valence-corrected chi connectivity index (χ3v) is 2.71. The van der Waals surface area contributed by atoms with Crippen molar-refractivity contribution in [2.75, 3.05) is 7.11 Å². The van der Waals surface area contributed by atoms with Gasteiger partial charge < -0.3 is 15.0 Å². The third-order valence-electron chi connectivity index (χ3n) is 2.71. The number of aromatic amines is 2. The number of rotatable bonds is 6. The van der Waals surface area contributed by atoms with Gasteiger partial charge >= 0.3 is 5.97 Å². The van der Waals surface area contributed by atoms with Crippen LogP contribution in [-0.2, 0) is 27.2 Å². The van der Waals surface area contributed by atoms with Crippen LogP contribution in [0.2, 0.25) is 0 Å². The van der Waals surface area contributed by atoms with Gasteiger partial charge in [0.1, 0.15) is 6.04 Å². The van der Waals surface area contributed by atoms with E-state index >= 15 is 0 Å². The predicted octanol–water partition coefficient (Wildman–Crippen LogP) is -0.424. The van der Waals surface area contributed by atoms with E-state index in [2.05, 4.69) is 30.2 Å². The molecule has 106 valence electrons. The summed E-state index contributed by atoms with van der Waals surface area (Å²) in [7, 11) is 1.28. The number of carbonyl (C=O) groups excluding carboxylic acids is 2. The predicted molar refractivity (Wildman–Crippen MR) is 68.5 cm³/mol. The van der Waals surface area contributed by atoms with Gasteiger partial charge in [-0.05, 0) is 6.07 Å². The molecule has 20 heavy (non-hydrogen) atoms. The van der Waals surface area contributed by atoms with Crippen LogP contribution in [0.25, 0.3) is 0 Å². The first-order valence-electron chi connectivity index (χ1n) is 6.01. The van der Waals surface area contributed by atoms with E-state index in [-0.39, 0.29) is 12.3 Å². The lowest BCUT2D eigenvalue weighted by molar-refractivity contribution is -0.145. The molecular weight excluding hydrogens is 262 g/mol. The van der Waals surface area contributed by atoms with Gasteiger partial charge in [0.25, 0.3) is 0 Å². The maximum Gasteiger partial charge on any atom is 0.328 e. The Morgan fingerprint density at radius 2 is 2.30 bits per heavy atom. The molecule has 2 aromatic heterocycles. The minimum Gasteiger partial charge on any atom is -0.467 e. The van der Waals surface area contributed by atoms with E-state index in [9.17, 15) is 9.59 Å². The number of esters is 1. The molecule has 0 bridgehead atoms. The van der Waals surface area contributed by atoms with Crippen LogP contribution in [0.1, 0.15) is 11.4 Å². The SMILES string of the molecule is COC(=O)[C@H](Cc1cnc[nH]1)NC(=O)Cc1ccn[nH]1. The smallest absolute Gasteiger partial charge is 0.328 e. The first-order chi connectivity index (χ1) is 9.69. The molecule has 2 heterocycles. The molecule has 8 heteroatoms. The molecule has 2 rings (SSSR count). The summed E-state index contributed by atoms with van der Waals surface area (Å²) in [5.74, 6) is -0.790. The van der Waals surface area contributed by atoms with Crippen LogP contribution in [0.15, 0.2) is 24.8 Å². The molecule has 3 N–H and O–H groups in total. The summed E-state index contributed by atoms with van der Waals surface area (Å²) in [5, 5.41) is 9.08. The lowest BCUT2D eigenvalue weighted by Crippen LogP contribution is -2.43. The van der Waals surface area contributed by atoms with Gasteiger partial charge in [-0.25, -0.2) is 9.78 Å². The number of nitrogens with one attached hydrogen (secondary N) is 3. The largest absolute Gasteiger partial charge is 0.467 e. The second-order valence-corrected chi connectivity index (χ2v) is 4.18. The second-order valence-electron chi connectivity index (χ2n) is 4.18. The van der Waals surface area contributed by atoms with Gasteiger partial charge in [0.2, 0.25) is 5.91 Å². The second kappa shape index (κ2) is 6.50. The molecule has 0 radical (unpaired) electrons. The number of amides is 1. The molecule has 1 atom stereocenters. The maximum atomic E-state index is 11.9. The summed E-state index contributed by atoms with van der Waals surface area (Å²) >= 11 is 0. The average molecular weight is 277 g/mol. The summed E-state index contributed by atoms with van der Waals surface area (Å²) in [4.78, 5) is 30.3. The average Bonchev–Trinajstić information content (AvgIpc) is 3.10. The van der Waals surface area contributed by atoms with Gasteiger partial charge in [0, 0.05) is 30.2 Å². The van der Waals surface area contributed by atoms with Crippen molar-refractivity contribution in [1.29, 1.82) is 0 Å². The summed E-state index contributed by atoms with van der Waals surface area (Å²) in [5.41, 5.74) is 1.41. The fraction of sp³-hybridized carbons (Fsp3) is 0.333. The van der Waals surface area contributed by atoms with Crippen molar-refractivity contribution < 1.29 is 14.3 Å².